The van der Waals surface area contributed by atoms with Gasteiger partial charge in [-0.1, -0.05) is 61.9 Å². The van der Waals surface area contributed by atoms with E-state index in [0.717, 1.165) is 57.9 Å². The molecule has 0 aromatic heterocycles. The van der Waals surface area contributed by atoms with E-state index in [0.29, 0.717) is 24.3 Å². The van der Waals surface area contributed by atoms with Crippen LogP contribution in [0, 0.1) is 6.57 Å². The van der Waals surface area contributed by atoms with Gasteiger partial charge in [0.15, 0.2) is 11.5 Å². The van der Waals surface area contributed by atoms with Gasteiger partial charge in [0.05, 0.1) is 25.3 Å². The number of ketones is 1. The van der Waals surface area contributed by atoms with E-state index in [9.17, 15) is 9.59 Å². The van der Waals surface area contributed by atoms with Crippen molar-refractivity contribution < 1.29 is 24.2 Å². The number of carboxylic acids is 1. The first kappa shape index (κ1) is 34.5. The van der Waals surface area contributed by atoms with Crippen molar-refractivity contribution in [2.24, 2.45) is 0 Å². The number of hydrogen-bond acceptors (Lipinski definition) is 6. The van der Waals surface area contributed by atoms with Gasteiger partial charge in [-0.2, -0.15) is 0 Å². The third kappa shape index (κ3) is 11.6. The molecule has 5 rings (SSSR count). The number of halogens is 1. The highest BCUT2D eigenvalue weighted by Crippen LogP contribution is 2.33. The molecule has 0 saturated carbocycles. The van der Waals surface area contributed by atoms with Crippen LogP contribution in [0.15, 0.2) is 48.5 Å². The number of benzene rings is 2. The van der Waals surface area contributed by atoms with Crippen LogP contribution in [-0.2, 0) is 14.3 Å². The molecule has 2 aromatic carbocycles. The van der Waals surface area contributed by atoms with Crippen LogP contribution in [0.3, 0.4) is 0 Å². The average Bonchev–Trinajstić information content (AvgIpc) is 3.46. The van der Waals surface area contributed by atoms with Gasteiger partial charge in [-0.15, -0.1) is 0 Å². The Morgan fingerprint density at radius 3 is 1.76 bits per heavy atom. The number of piperidine rings is 2. The summed E-state index contributed by atoms with van der Waals surface area (Å²) in [5.74, 6) is -0.925. The number of carboxylic acid groups (broad SMARTS) is 1. The molecule has 0 radical (unpaired) electrons. The fourth-order valence-electron chi connectivity index (χ4n) is 4.46. The highest BCUT2D eigenvalue weighted by Gasteiger charge is 2.39. The fourth-order valence-corrected chi connectivity index (χ4v) is 4.46. The van der Waals surface area contributed by atoms with E-state index in [1.807, 2.05) is 24.3 Å². The standard InChI is InChI=1S/C14H16N2O2.C12H13NO3.C3H7I.C3H8/c1-15-12-2-4-13(5-3-12)16-8-6-14(7-9-16)17-10-11-18-14;14-11-5-7-13(8-6-11)10-3-1-9(2-4-10)12(15)16;1-2-3-4;1-3-2/h2-5H,6-11H2;1-4H,5-8H2,(H,15,16);2-3H2,1H3;3H2,1-2H3. The van der Waals surface area contributed by atoms with Crippen LogP contribution >= 0.6 is 22.6 Å². The van der Waals surface area contributed by atoms with E-state index in [-0.39, 0.29) is 11.4 Å². The van der Waals surface area contributed by atoms with Crippen molar-refractivity contribution in [1.29, 1.82) is 0 Å². The molecule has 3 heterocycles. The lowest BCUT2D eigenvalue weighted by molar-refractivity contribution is -0.169. The minimum absolute atomic E-state index is 0.289. The topological polar surface area (TPSA) is 83.7 Å². The largest absolute Gasteiger partial charge is 0.478 e. The molecule has 3 aliphatic rings. The first-order valence-electron chi connectivity index (χ1n) is 14.5. The second kappa shape index (κ2) is 18.7. The monoisotopic (exact) mass is 677 g/mol. The van der Waals surface area contributed by atoms with E-state index in [2.05, 4.69) is 58.0 Å². The number of ether oxygens (including phenoxy) is 2. The van der Waals surface area contributed by atoms with E-state index < -0.39 is 5.97 Å². The molecule has 0 amide bonds. The van der Waals surface area contributed by atoms with Crippen LogP contribution < -0.4 is 9.80 Å². The van der Waals surface area contributed by atoms with E-state index in [1.165, 1.54) is 23.0 Å². The van der Waals surface area contributed by atoms with Gasteiger partial charge in [0.2, 0.25) is 0 Å². The maximum Gasteiger partial charge on any atom is 0.335 e. The molecule has 8 nitrogen and oxygen atoms in total. The minimum Gasteiger partial charge on any atom is -0.478 e. The number of Topliss-reactive ketones (excluding diaryl/α,β-unsaturated/α-hetero) is 1. The SMILES string of the molecule is CCC.CCCI.O=C1CCN(c2ccc(C(=O)O)cc2)CC1.[C-]#[N+]c1ccc(N2CCC3(CC2)OCCO3)cc1. The van der Waals surface area contributed by atoms with Crippen LogP contribution in [0.4, 0.5) is 17.1 Å². The van der Waals surface area contributed by atoms with Crippen molar-refractivity contribution in [1.82, 2.24) is 0 Å². The molecule has 3 saturated heterocycles. The molecular weight excluding hydrogens is 633 g/mol. The second-order valence-electron chi connectivity index (χ2n) is 10.00. The lowest BCUT2D eigenvalue weighted by Gasteiger charge is -2.38. The van der Waals surface area contributed by atoms with Gasteiger partial charge in [-0.05, 0) is 47.2 Å². The van der Waals surface area contributed by atoms with Crippen molar-refractivity contribution in [3.8, 4) is 0 Å². The summed E-state index contributed by atoms with van der Waals surface area (Å²) in [5.41, 5.74) is 3.14. The Hall–Kier alpha value is -2.68. The maximum atomic E-state index is 11.1. The number of aromatic carboxylic acids is 1. The van der Waals surface area contributed by atoms with Crippen LogP contribution in [-0.4, -0.2) is 66.5 Å². The van der Waals surface area contributed by atoms with Gasteiger partial charge in [-0.3, -0.25) is 4.79 Å². The van der Waals surface area contributed by atoms with Gasteiger partial charge < -0.3 is 24.4 Å². The molecule has 0 bridgehead atoms. The third-order valence-electron chi connectivity index (χ3n) is 6.67. The Bertz CT molecular complexity index is 1070. The molecule has 0 atom stereocenters. The molecule has 1 N–H and O–H groups in total. The van der Waals surface area contributed by atoms with Gasteiger partial charge in [-0.25, -0.2) is 9.64 Å². The number of carbonyl (C=O) groups excluding carboxylic acids is 1. The lowest BCUT2D eigenvalue weighted by Crippen LogP contribution is -2.45. The van der Waals surface area contributed by atoms with Crippen molar-refractivity contribution in [2.45, 2.75) is 65.1 Å². The second-order valence-corrected chi connectivity index (χ2v) is 11.1. The summed E-state index contributed by atoms with van der Waals surface area (Å²) in [7, 11) is 0. The average molecular weight is 678 g/mol. The number of rotatable bonds is 4. The minimum atomic E-state index is -0.916. The maximum absolute atomic E-state index is 11.1. The van der Waals surface area contributed by atoms with Crippen LogP contribution in [0.2, 0.25) is 0 Å². The molecule has 3 fully saturated rings. The highest BCUT2D eigenvalue weighted by molar-refractivity contribution is 14.1. The number of carbonyl (C=O) groups is 2. The Kier molecular flexibility index (Phi) is 15.7. The summed E-state index contributed by atoms with van der Waals surface area (Å²) in [6, 6.07) is 14.5. The zero-order valence-corrected chi connectivity index (χ0v) is 26.8. The van der Waals surface area contributed by atoms with Gasteiger partial charge in [0.25, 0.3) is 0 Å². The smallest absolute Gasteiger partial charge is 0.335 e. The van der Waals surface area contributed by atoms with Crippen LogP contribution in [0.1, 0.15) is 69.7 Å². The molecule has 224 valence electrons. The van der Waals surface area contributed by atoms with Crippen LogP contribution in [0.25, 0.3) is 4.85 Å². The van der Waals surface area contributed by atoms with E-state index in [4.69, 9.17) is 21.2 Å². The van der Waals surface area contributed by atoms with Crippen molar-refractivity contribution in [2.75, 3.05) is 53.6 Å². The van der Waals surface area contributed by atoms with Crippen molar-refractivity contribution >= 4 is 51.4 Å². The molecule has 1 spiro atoms. The molecule has 0 aliphatic carbocycles. The van der Waals surface area contributed by atoms with Crippen molar-refractivity contribution in [3.05, 3.63) is 65.5 Å². The molecular formula is C32H44IN3O5. The summed E-state index contributed by atoms with van der Waals surface area (Å²) >= 11 is 2.35. The van der Waals surface area contributed by atoms with E-state index in [1.54, 1.807) is 24.3 Å². The lowest BCUT2D eigenvalue weighted by atomic mass is 10.0. The zero-order chi connectivity index (χ0) is 30.1. The predicted molar refractivity (Wildman–Crippen MR) is 174 cm³/mol. The Labute approximate surface area is 259 Å². The highest BCUT2D eigenvalue weighted by atomic mass is 127. The Balaban J connectivity index is 0.000000236. The fraction of sp³-hybridized carbons (Fsp3) is 0.531. The molecule has 3 aliphatic heterocycles. The molecule has 41 heavy (non-hydrogen) atoms. The quantitative estimate of drug-likeness (QED) is 0.206. The predicted octanol–water partition coefficient (Wildman–Crippen LogP) is 7.38. The Morgan fingerprint density at radius 1 is 0.902 bits per heavy atom. The first-order chi connectivity index (χ1) is 19.8. The Morgan fingerprint density at radius 2 is 1.34 bits per heavy atom. The zero-order valence-electron chi connectivity index (χ0n) is 24.6. The number of anilines is 2. The van der Waals surface area contributed by atoms with E-state index >= 15 is 0 Å². The van der Waals surface area contributed by atoms with Gasteiger partial charge in [0, 0.05) is 63.2 Å². The third-order valence-corrected chi connectivity index (χ3v) is 7.75. The summed E-state index contributed by atoms with van der Waals surface area (Å²) in [5, 5.41) is 8.76. The van der Waals surface area contributed by atoms with Gasteiger partial charge in [0.1, 0.15) is 5.78 Å². The summed E-state index contributed by atoms with van der Waals surface area (Å²) in [6.07, 6.45) is 5.55. The van der Waals surface area contributed by atoms with Crippen molar-refractivity contribution in [3.63, 3.8) is 0 Å². The number of alkyl halides is 1. The normalized spacial score (nSPS) is 17.2. The van der Waals surface area contributed by atoms with Crippen LogP contribution in [0.5, 0.6) is 0 Å². The summed E-state index contributed by atoms with van der Waals surface area (Å²) in [6.45, 7) is 18.2. The summed E-state index contributed by atoms with van der Waals surface area (Å²) < 4.78 is 12.7. The molecule has 2 aromatic rings. The molecule has 0 unspecified atom stereocenters. The summed E-state index contributed by atoms with van der Waals surface area (Å²) in [4.78, 5) is 29.6. The number of nitrogens with zero attached hydrogens (tertiary/aromatic N) is 3. The number of hydrogen-bond donors (Lipinski definition) is 1. The first-order valence-corrected chi connectivity index (χ1v) is 16.0. The van der Waals surface area contributed by atoms with Gasteiger partial charge >= 0.3 is 5.97 Å². The molecule has 9 heteroatoms.